The van der Waals surface area contributed by atoms with Crippen LogP contribution >= 0.6 is 0 Å². The van der Waals surface area contributed by atoms with Crippen LogP contribution in [0.3, 0.4) is 0 Å². The molecule has 2 aliphatic rings. The highest BCUT2D eigenvalue weighted by Gasteiger charge is 2.57. The number of nitrogens with zero attached hydrogens (tertiary/aromatic N) is 3. The lowest BCUT2D eigenvalue weighted by Gasteiger charge is -2.47. The second kappa shape index (κ2) is 8.34. The maximum atomic E-state index is 15.2. The van der Waals surface area contributed by atoms with Crippen molar-refractivity contribution >= 4 is 27.6 Å². The monoisotopic (exact) mass is 479 g/mol. The number of guanidine groups is 1. The van der Waals surface area contributed by atoms with Gasteiger partial charge in [0, 0.05) is 25.4 Å². The van der Waals surface area contributed by atoms with Gasteiger partial charge in [-0.15, -0.1) is 0 Å². The lowest BCUT2D eigenvalue weighted by molar-refractivity contribution is 0.0492. The summed E-state index contributed by atoms with van der Waals surface area (Å²) in [6.07, 6.45) is 1.30. The van der Waals surface area contributed by atoms with Gasteiger partial charge in [0.2, 0.25) is 16.0 Å². The van der Waals surface area contributed by atoms with Crippen molar-refractivity contribution in [2.75, 3.05) is 19.5 Å². The SMILES string of the molecule is COC1CCC2(c3cc(NC(=O)c4ccc(F)cn4)ccc3F)N=C(N)N(C)S(=O)(=O)C2C1. The van der Waals surface area contributed by atoms with Crippen LogP contribution in [0.5, 0.6) is 0 Å². The summed E-state index contributed by atoms with van der Waals surface area (Å²) in [6, 6.07) is 6.13. The molecule has 0 saturated heterocycles. The van der Waals surface area contributed by atoms with Crippen LogP contribution in [-0.4, -0.2) is 55.1 Å². The Balaban J connectivity index is 1.78. The first-order chi connectivity index (χ1) is 15.6. The largest absolute Gasteiger partial charge is 0.381 e. The zero-order chi connectivity index (χ0) is 24.0. The zero-order valence-electron chi connectivity index (χ0n) is 18.0. The first-order valence-electron chi connectivity index (χ1n) is 10.2. The fourth-order valence-corrected chi connectivity index (χ4v) is 6.34. The van der Waals surface area contributed by atoms with Crippen LogP contribution in [0, 0.1) is 11.6 Å². The fourth-order valence-electron chi connectivity index (χ4n) is 4.41. The Bertz CT molecular complexity index is 1220. The Morgan fingerprint density at radius 3 is 2.73 bits per heavy atom. The molecule has 4 rings (SSSR count). The first-order valence-corrected chi connectivity index (χ1v) is 11.7. The molecule has 1 aromatic heterocycles. The van der Waals surface area contributed by atoms with Crippen molar-refractivity contribution in [3.63, 3.8) is 0 Å². The Morgan fingerprint density at radius 1 is 1.30 bits per heavy atom. The number of nitrogens with two attached hydrogens (primary N) is 1. The standard InChI is InChI=1S/C21H23F2N5O4S/c1-28-20(24)27-21(8-7-14(32-2)10-18(21)33(28,30)31)15-9-13(4-5-16(15)23)26-19(29)17-6-3-12(22)11-25-17/h3-6,9,11,14,18H,7-8,10H2,1-2H3,(H2,24,27)(H,26,29). The summed E-state index contributed by atoms with van der Waals surface area (Å²) in [7, 11) is -1.17. The van der Waals surface area contributed by atoms with Gasteiger partial charge >= 0.3 is 0 Å². The molecule has 1 fully saturated rings. The molecule has 2 heterocycles. The van der Waals surface area contributed by atoms with E-state index in [2.05, 4.69) is 15.3 Å². The number of hydrogen-bond acceptors (Lipinski definition) is 7. The van der Waals surface area contributed by atoms with Crippen LogP contribution in [0.15, 0.2) is 41.5 Å². The van der Waals surface area contributed by atoms with Crippen molar-refractivity contribution in [3.05, 3.63) is 59.4 Å². The average Bonchev–Trinajstić information content (AvgIpc) is 2.79. The molecule has 0 bridgehead atoms. The topological polar surface area (TPSA) is 127 Å². The van der Waals surface area contributed by atoms with E-state index in [1.54, 1.807) is 0 Å². The average molecular weight is 480 g/mol. The molecule has 0 radical (unpaired) electrons. The van der Waals surface area contributed by atoms with E-state index in [1.807, 2.05) is 0 Å². The van der Waals surface area contributed by atoms with E-state index >= 15 is 4.39 Å². The third kappa shape index (κ3) is 3.93. The number of fused-ring (bicyclic) bond motifs is 1. The van der Waals surface area contributed by atoms with Gasteiger partial charge in [-0.3, -0.25) is 4.79 Å². The third-order valence-corrected chi connectivity index (χ3v) is 8.47. The number of rotatable bonds is 4. The van der Waals surface area contributed by atoms with Gasteiger partial charge in [0.15, 0.2) is 0 Å². The van der Waals surface area contributed by atoms with Crippen LogP contribution in [-0.2, 0) is 20.3 Å². The number of ether oxygens (including phenoxy) is 1. The summed E-state index contributed by atoms with van der Waals surface area (Å²) in [6.45, 7) is 0. The number of methoxy groups -OCH3 is 1. The predicted molar refractivity (Wildman–Crippen MR) is 117 cm³/mol. The maximum absolute atomic E-state index is 15.2. The number of carbonyl (C=O) groups excluding carboxylic acids is 1. The van der Waals surface area contributed by atoms with E-state index in [4.69, 9.17) is 10.5 Å². The van der Waals surface area contributed by atoms with Crippen LogP contribution in [0.2, 0.25) is 0 Å². The number of aliphatic imine (C=N–C) groups is 1. The van der Waals surface area contributed by atoms with E-state index in [0.717, 1.165) is 22.6 Å². The van der Waals surface area contributed by atoms with Crippen LogP contribution in [0.25, 0.3) is 0 Å². The van der Waals surface area contributed by atoms with Crippen molar-refractivity contribution in [2.24, 2.45) is 10.7 Å². The fraction of sp³-hybridized carbons (Fsp3) is 0.381. The lowest BCUT2D eigenvalue weighted by atomic mass is 9.75. The Kier molecular flexibility index (Phi) is 5.83. The number of halogens is 2. The molecule has 12 heteroatoms. The van der Waals surface area contributed by atoms with Gasteiger partial charge in [0.25, 0.3) is 5.91 Å². The van der Waals surface area contributed by atoms with Gasteiger partial charge < -0.3 is 15.8 Å². The van der Waals surface area contributed by atoms with E-state index in [-0.39, 0.29) is 41.8 Å². The number of anilines is 1. The third-order valence-electron chi connectivity index (χ3n) is 6.22. The first kappa shape index (κ1) is 23.1. The number of benzene rings is 1. The number of pyridine rings is 1. The molecule has 3 atom stereocenters. The van der Waals surface area contributed by atoms with Crippen LogP contribution in [0.1, 0.15) is 35.3 Å². The summed E-state index contributed by atoms with van der Waals surface area (Å²) in [4.78, 5) is 20.7. The number of hydrogen-bond donors (Lipinski definition) is 2. The van der Waals surface area contributed by atoms with E-state index < -0.39 is 38.4 Å². The van der Waals surface area contributed by atoms with E-state index in [0.29, 0.717) is 6.42 Å². The summed E-state index contributed by atoms with van der Waals surface area (Å²) in [5.41, 5.74) is 4.63. The molecule has 2 aromatic rings. The minimum Gasteiger partial charge on any atom is -0.381 e. The predicted octanol–water partition coefficient (Wildman–Crippen LogP) is 1.96. The summed E-state index contributed by atoms with van der Waals surface area (Å²) in [5.74, 6) is -2.15. The van der Waals surface area contributed by atoms with Crippen molar-refractivity contribution in [1.82, 2.24) is 9.29 Å². The molecular formula is C21H23F2N5O4S. The molecule has 0 spiro atoms. The smallest absolute Gasteiger partial charge is 0.274 e. The number of sulfonamides is 1. The van der Waals surface area contributed by atoms with Crippen molar-refractivity contribution in [2.45, 2.75) is 36.2 Å². The Labute approximate surface area is 189 Å². The van der Waals surface area contributed by atoms with Crippen molar-refractivity contribution in [1.29, 1.82) is 0 Å². The molecule has 9 nitrogen and oxygen atoms in total. The summed E-state index contributed by atoms with van der Waals surface area (Å²) in [5, 5.41) is 1.47. The highest BCUT2D eigenvalue weighted by Crippen LogP contribution is 2.48. The molecular weight excluding hydrogens is 456 g/mol. The van der Waals surface area contributed by atoms with Crippen molar-refractivity contribution < 1.29 is 26.7 Å². The molecule has 33 heavy (non-hydrogen) atoms. The molecule has 1 saturated carbocycles. The van der Waals surface area contributed by atoms with Crippen LogP contribution in [0.4, 0.5) is 14.5 Å². The zero-order valence-corrected chi connectivity index (χ0v) is 18.8. The number of amides is 1. The molecule has 1 amide bonds. The maximum Gasteiger partial charge on any atom is 0.274 e. The Hall–Kier alpha value is -3.12. The highest BCUT2D eigenvalue weighted by molar-refractivity contribution is 7.90. The normalized spacial score (nSPS) is 26.3. The van der Waals surface area contributed by atoms with Gasteiger partial charge in [0.1, 0.15) is 28.1 Å². The quantitative estimate of drug-likeness (QED) is 0.690. The summed E-state index contributed by atoms with van der Waals surface area (Å²) < 4.78 is 61.1. The molecule has 176 valence electrons. The van der Waals surface area contributed by atoms with Gasteiger partial charge in [-0.2, -0.15) is 0 Å². The molecule has 3 unspecified atom stereocenters. The second-order valence-electron chi connectivity index (χ2n) is 8.04. The van der Waals surface area contributed by atoms with E-state index in [9.17, 15) is 17.6 Å². The highest BCUT2D eigenvalue weighted by atomic mass is 32.2. The summed E-state index contributed by atoms with van der Waals surface area (Å²) >= 11 is 0. The number of aromatic nitrogens is 1. The second-order valence-corrected chi connectivity index (χ2v) is 10.2. The van der Waals surface area contributed by atoms with E-state index in [1.165, 1.54) is 32.4 Å². The Morgan fingerprint density at radius 2 is 2.06 bits per heavy atom. The van der Waals surface area contributed by atoms with Gasteiger partial charge in [-0.05, 0) is 49.6 Å². The minimum absolute atomic E-state index is 0.00606. The number of nitrogens with one attached hydrogen (secondary N) is 1. The molecule has 3 N–H and O–H groups in total. The van der Waals surface area contributed by atoms with Gasteiger partial charge in [-0.25, -0.2) is 31.5 Å². The number of carbonyl (C=O) groups is 1. The van der Waals surface area contributed by atoms with Gasteiger partial charge in [0.05, 0.1) is 12.3 Å². The lowest BCUT2D eigenvalue weighted by Crippen LogP contribution is -2.60. The molecule has 1 aromatic carbocycles. The molecule has 1 aliphatic heterocycles. The van der Waals surface area contributed by atoms with Crippen LogP contribution < -0.4 is 11.1 Å². The van der Waals surface area contributed by atoms with Crippen molar-refractivity contribution in [3.8, 4) is 0 Å². The van der Waals surface area contributed by atoms with Gasteiger partial charge in [-0.1, -0.05) is 0 Å². The minimum atomic E-state index is -3.96. The molecule has 1 aliphatic carbocycles.